The SMILES string of the molecule is CC1NCCC1c1nc(C2(C)CC2)no1. The fourth-order valence-electron chi connectivity index (χ4n) is 2.24. The summed E-state index contributed by atoms with van der Waals surface area (Å²) in [6.07, 6.45) is 3.51. The van der Waals surface area contributed by atoms with Gasteiger partial charge >= 0.3 is 0 Å². The van der Waals surface area contributed by atoms with Gasteiger partial charge in [0.05, 0.1) is 5.92 Å². The van der Waals surface area contributed by atoms with E-state index in [9.17, 15) is 0 Å². The van der Waals surface area contributed by atoms with Crippen molar-refractivity contribution in [2.24, 2.45) is 0 Å². The molecule has 4 heteroatoms. The molecular formula is C11H17N3O. The number of nitrogens with one attached hydrogen (secondary N) is 1. The van der Waals surface area contributed by atoms with Crippen molar-refractivity contribution >= 4 is 0 Å². The monoisotopic (exact) mass is 207 g/mol. The average molecular weight is 207 g/mol. The Hall–Kier alpha value is -0.900. The third-order valence-electron chi connectivity index (χ3n) is 3.82. The third-order valence-corrected chi connectivity index (χ3v) is 3.82. The molecule has 1 aliphatic heterocycles. The molecule has 0 amide bonds. The Morgan fingerprint density at radius 3 is 2.87 bits per heavy atom. The van der Waals surface area contributed by atoms with Gasteiger partial charge in [0.1, 0.15) is 0 Å². The van der Waals surface area contributed by atoms with Gasteiger partial charge in [-0.3, -0.25) is 0 Å². The molecule has 0 radical (unpaired) electrons. The number of hydrogen-bond donors (Lipinski definition) is 1. The summed E-state index contributed by atoms with van der Waals surface area (Å²) in [6.45, 7) is 5.44. The first-order valence-electron chi connectivity index (χ1n) is 5.76. The van der Waals surface area contributed by atoms with Crippen LogP contribution in [0.1, 0.15) is 50.7 Å². The minimum absolute atomic E-state index is 0.219. The Kier molecular flexibility index (Phi) is 1.89. The minimum Gasteiger partial charge on any atom is -0.339 e. The topological polar surface area (TPSA) is 51.0 Å². The lowest BCUT2D eigenvalue weighted by atomic mass is 10.0. The van der Waals surface area contributed by atoms with Crippen molar-refractivity contribution < 1.29 is 4.52 Å². The maximum Gasteiger partial charge on any atom is 0.231 e. The Bertz CT molecular complexity index is 370. The van der Waals surface area contributed by atoms with Crippen LogP contribution in [0.4, 0.5) is 0 Å². The standard InChI is InChI=1S/C11H17N3O/c1-7-8(3-6-12-7)9-13-10(14-15-9)11(2)4-5-11/h7-8,12H,3-6H2,1-2H3. The maximum absolute atomic E-state index is 5.38. The molecule has 1 saturated carbocycles. The zero-order valence-electron chi connectivity index (χ0n) is 9.29. The molecule has 15 heavy (non-hydrogen) atoms. The molecule has 4 nitrogen and oxygen atoms in total. The van der Waals surface area contributed by atoms with Gasteiger partial charge in [0, 0.05) is 11.5 Å². The van der Waals surface area contributed by atoms with Crippen molar-refractivity contribution in [2.75, 3.05) is 6.54 Å². The van der Waals surface area contributed by atoms with E-state index >= 15 is 0 Å². The maximum atomic E-state index is 5.38. The molecule has 0 aromatic carbocycles. The Morgan fingerprint density at radius 2 is 2.27 bits per heavy atom. The van der Waals surface area contributed by atoms with Gasteiger partial charge in [-0.25, -0.2) is 0 Å². The molecule has 1 saturated heterocycles. The van der Waals surface area contributed by atoms with Gasteiger partial charge in [0.2, 0.25) is 5.89 Å². The molecule has 2 fully saturated rings. The van der Waals surface area contributed by atoms with Crippen molar-refractivity contribution in [1.29, 1.82) is 0 Å². The van der Waals surface area contributed by atoms with E-state index < -0.39 is 0 Å². The first kappa shape index (κ1) is 9.33. The smallest absolute Gasteiger partial charge is 0.231 e. The number of hydrogen-bond acceptors (Lipinski definition) is 4. The van der Waals surface area contributed by atoms with E-state index in [1.807, 2.05) is 0 Å². The van der Waals surface area contributed by atoms with Gasteiger partial charge in [-0.15, -0.1) is 0 Å². The summed E-state index contributed by atoms with van der Waals surface area (Å²) >= 11 is 0. The highest BCUT2D eigenvalue weighted by Crippen LogP contribution is 2.46. The fourth-order valence-corrected chi connectivity index (χ4v) is 2.24. The molecule has 2 heterocycles. The van der Waals surface area contributed by atoms with Gasteiger partial charge < -0.3 is 9.84 Å². The van der Waals surface area contributed by atoms with E-state index in [4.69, 9.17) is 4.52 Å². The Balaban J connectivity index is 1.84. The van der Waals surface area contributed by atoms with Crippen molar-refractivity contribution in [3.8, 4) is 0 Å². The summed E-state index contributed by atoms with van der Waals surface area (Å²) in [5.74, 6) is 2.15. The van der Waals surface area contributed by atoms with Gasteiger partial charge in [-0.2, -0.15) is 4.98 Å². The molecule has 1 aromatic rings. The molecule has 2 unspecified atom stereocenters. The van der Waals surface area contributed by atoms with E-state index in [0.717, 1.165) is 24.7 Å². The second-order valence-corrected chi connectivity index (χ2v) is 5.15. The number of rotatable bonds is 2. The van der Waals surface area contributed by atoms with Gasteiger partial charge in [0.25, 0.3) is 0 Å². The molecular weight excluding hydrogens is 190 g/mol. The predicted octanol–water partition coefficient (Wildman–Crippen LogP) is 1.59. The normalized spacial score (nSPS) is 33.2. The second kappa shape index (κ2) is 3.04. The highest BCUT2D eigenvalue weighted by Gasteiger charge is 2.44. The molecule has 1 N–H and O–H groups in total. The van der Waals surface area contributed by atoms with Crippen molar-refractivity contribution in [1.82, 2.24) is 15.5 Å². The van der Waals surface area contributed by atoms with Crippen LogP contribution in [0.5, 0.6) is 0 Å². The van der Waals surface area contributed by atoms with E-state index in [0.29, 0.717) is 12.0 Å². The molecule has 82 valence electrons. The molecule has 0 bridgehead atoms. The Morgan fingerprint density at radius 1 is 1.47 bits per heavy atom. The number of nitrogens with zero attached hydrogens (tertiary/aromatic N) is 2. The van der Waals surface area contributed by atoms with E-state index in [2.05, 4.69) is 29.3 Å². The molecule has 1 aliphatic carbocycles. The second-order valence-electron chi connectivity index (χ2n) is 5.15. The van der Waals surface area contributed by atoms with Crippen LogP contribution in [0.15, 0.2) is 4.52 Å². The lowest BCUT2D eigenvalue weighted by molar-refractivity contribution is 0.339. The van der Waals surface area contributed by atoms with Crippen LogP contribution in [0.3, 0.4) is 0 Å². The lowest BCUT2D eigenvalue weighted by Gasteiger charge is -2.08. The first-order valence-corrected chi connectivity index (χ1v) is 5.76. The summed E-state index contributed by atoms with van der Waals surface area (Å²) in [6, 6.07) is 0.463. The van der Waals surface area contributed by atoms with Gasteiger partial charge in [-0.05, 0) is 32.7 Å². The molecule has 0 spiro atoms. The van der Waals surface area contributed by atoms with E-state index in [-0.39, 0.29) is 5.41 Å². The summed E-state index contributed by atoms with van der Waals surface area (Å²) in [4.78, 5) is 4.56. The zero-order valence-corrected chi connectivity index (χ0v) is 9.29. The van der Waals surface area contributed by atoms with Crippen LogP contribution in [-0.2, 0) is 5.41 Å². The van der Waals surface area contributed by atoms with E-state index in [1.165, 1.54) is 12.8 Å². The summed E-state index contributed by atoms with van der Waals surface area (Å²) in [5.41, 5.74) is 0.219. The summed E-state index contributed by atoms with van der Waals surface area (Å²) < 4.78 is 5.38. The van der Waals surface area contributed by atoms with Crippen LogP contribution < -0.4 is 5.32 Å². The van der Waals surface area contributed by atoms with Crippen LogP contribution in [0.25, 0.3) is 0 Å². The minimum atomic E-state index is 0.219. The molecule has 2 aliphatic rings. The Labute approximate surface area is 89.4 Å². The molecule has 2 atom stereocenters. The van der Waals surface area contributed by atoms with Crippen LogP contribution in [0, 0.1) is 0 Å². The van der Waals surface area contributed by atoms with Gasteiger partial charge in [0.15, 0.2) is 5.82 Å². The predicted molar refractivity (Wildman–Crippen MR) is 55.7 cm³/mol. The van der Waals surface area contributed by atoms with Crippen molar-refractivity contribution in [3.05, 3.63) is 11.7 Å². The van der Waals surface area contributed by atoms with Crippen LogP contribution in [-0.4, -0.2) is 22.7 Å². The largest absolute Gasteiger partial charge is 0.339 e. The quantitative estimate of drug-likeness (QED) is 0.800. The third kappa shape index (κ3) is 1.47. The average Bonchev–Trinajstić information content (AvgIpc) is 2.70. The van der Waals surface area contributed by atoms with Crippen LogP contribution >= 0.6 is 0 Å². The van der Waals surface area contributed by atoms with Crippen molar-refractivity contribution in [2.45, 2.75) is 50.5 Å². The number of aromatic nitrogens is 2. The zero-order chi connectivity index (χ0) is 10.5. The first-order chi connectivity index (χ1) is 7.19. The van der Waals surface area contributed by atoms with Crippen LogP contribution in [0.2, 0.25) is 0 Å². The van der Waals surface area contributed by atoms with E-state index in [1.54, 1.807) is 0 Å². The van der Waals surface area contributed by atoms with Gasteiger partial charge in [-0.1, -0.05) is 12.1 Å². The summed E-state index contributed by atoms with van der Waals surface area (Å²) in [5, 5.41) is 7.52. The highest BCUT2D eigenvalue weighted by molar-refractivity contribution is 5.15. The highest BCUT2D eigenvalue weighted by atomic mass is 16.5. The molecule has 3 rings (SSSR count). The fraction of sp³-hybridized carbons (Fsp3) is 0.818. The summed E-state index contributed by atoms with van der Waals surface area (Å²) in [7, 11) is 0. The van der Waals surface area contributed by atoms with Crippen molar-refractivity contribution in [3.63, 3.8) is 0 Å². The molecule has 1 aromatic heterocycles. The lowest BCUT2D eigenvalue weighted by Crippen LogP contribution is -2.21.